The normalized spacial score (nSPS) is 13.8. The third-order valence-corrected chi connectivity index (χ3v) is 5.99. The molecule has 3 aromatic rings. The van der Waals surface area contributed by atoms with Gasteiger partial charge in [0.2, 0.25) is 0 Å². The van der Waals surface area contributed by atoms with E-state index in [1.54, 1.807) is 17.6 Å². The van der Waals surface area contributed by atoms with Crippen LogP contribution in [0.25, 0.3) is 11.3 Å². The Bertz CT molecular complexity index is 1050. The van der Waals surface area contributed by atoms with E-state index in [4.69, 9.17) is 26.7 Å². The third-order valence-electron chi connectivity index (χ3n) is 4.74. The molecule has 1 aliphatic heterocycles. The molecule has 0 aliphatic carbocycles. The van der Waals surface area contributed by atoms with Crippen molar-refractivity contribution < 1.29 is 9.47 Å². The number of hydrogen-bond acceptors (Lipinski definition) is 7. The number of rotatable bonds is 7. The largest absolute Gasteiger partial charge is 0.494 e. The maximum absolute atomic E-state index is 5.47. The van der Waals surface area contributed by atoms with Crippen LogP contribution in [0.5, 0.6) is 5.75 Å². The first-order chi connectivity index (χ1) is 15.7. The van der Waals surface area contributed by atoms with Crippen LogP contribution < -0.4 is 20.4 Å². The molecule has 0 saturated carbocycles. The van der Waals surface area contributed by atoms with Crippen LogP contribution in [0, 0.1) is 0 Å². The number of anilines is 2. The van der Waals surface area contributed by atoms with E-state index in [2.05, 4.69) is 32.9 Å². The first kappa shape index (κ1) is 22.2. The van der Waals surface area contributed by atoms with Gasteiger partial charge in [0.1, 0.15) is 5.75 Å². The van der Waals surface area contributed by atoms with Crippen molar-refractivity contribution in [3.05, 3.63) is 59.5 Å². The van der Waals surface area contributed by atoms with Gasteiger partial charge < -0.3 is 19.7 Å². The van der Waals surface area contributed by atoms with E-state index >= 15 is 0 Å². The first-order valence-corrected chi connectivity index (χ1v) is 11.7. The number of benzene rings is 2. The Labute approximate surface area is 197 Å². The molecule has 0 bridgehead atoms. The molecule has 2 N–H and O–H groups in total. The zero-order valence-corrected chi connectivity index (χ0v) is 19.4. The number of morpholine rings is 1. The van der Waals surface area contributed by atoms with Gasteiger partial charge in [-0.1, -0.05) is 41.7 Å². The zero-order chi connectivity index (χ0) is 22.2. The molecular weight excluding hydrogens is 442 g/mol. The van der Waals surface area contributed by atoms with Crippen LogP contribution in [0.15, 0.2) is 59.7 Å². The number of thiocarbonyl (C=S) groups is 1. The lowest BCUT2D eigenvalue weighted by atomic mass is 10.1. The fourth-order valence-electron chi connectivity index (χ4n) is 3.21. The summed E-state index contributed by atoms with van der Waals surface area (Å²) in [6, 6.07) is 17.8. The van der Waals surface area contributed by atoms with E-state index in [0.717, 1.165) is 59.0 Å². The third kappa shape index (κ3) is 5.82. The van der Waals surface area contributed by atoms with Gasteiger partial charge >= 0.3 is 0 Å². The molecule has 9 heteroatoms. The summed E-state index contributed by atoms with van der Waals surface area (Å²) in [5, 5.41) is 8.85. The number of hydrogen-bond donors (Lipinski definition) is 2. The van der Waals surface area contributed by atoms with Crippen molar-refractivity contribution in [3.63, 3.8) is 0 Å². The van der Waals surface area contributed by atoms with Gasteiger partial charge in [-0.25, -0.2) is 4.98 Å². The monoisotopic (exact) mass is 467 g/mol. The predicted molar refractivity (Wildman–Crippen MR) is 135 cm³/mol. The van der Waals surface area contributed by atoms with Crippen LogP contribution in [0.3, 0.4) is 0 Å². The minimum absolute atomic E-state index is 0.407. The maximum atomic E-state index is 5.47. The second-order valence-corrected chi connectivity index (χ2v) is 8.37. The van der Waals surface area contributed by atoms with Gasteiger partial charge in [-0.2, -0.15) is 5.10 Å². The summed E-state index contributed by atoms with van der Waals surface area (Å²) in [7, 11) is 0. The Morgan fingerprint density at radius 2 is 1.94 bits per heavy atom. The number of thiazole rings is 1. The standard InChI is InChI=1S/C23H25N5O2S2/c1-2-30-19-10-8-18(9-11-19)25-22(31)27-24-16-20-21(17-6-4-3-5-7-17)26-23(32-20)28-12-14-29-15-13-28/h3-11,16H,2,12-15H2,1H3,(H2,25,27,31)/b24-16-. The van der Waals surface area contributed by atoms with Gasteiger partial charge in [0.15, 0.2) is 10.2 Å². The van der Waals surface area contributed by atoms with Crippen LogP contribution in [0.4, 0.5) is 10.8 Å². The van der Waals surface area contributed by atoms with Gasteiger partial charge in [0.25, 0.3) is 0 Å². The van der Waals surface area contributed by atoms with Crippen molar-refractivity contribution in [2.75, 3.05) is 43.1 Å². The molecule has 0 spiro atoms. The molecule has 0 radical (unpaired) electrons. The number of nitrogens with one attached hydrogen (secondary N) is 2. The molecule has 166 valence electrons. The van der Waals surface area contributed by atoms with Crippen molar-refractivity contribution >= 4 is 45.7 Å². The molecule has 1 saturated heterocycles. The SMILES string of the molecule is CCOc1ccc(NC(=S)N/N=C\c2sc(N3CCOCC3)nc2-c2ccccc2)cc1. The van der Waals surface area contributed by atoms with Crippen molar-refractivity contribution in [1.29, 1.82) is 0 Å². The molecule has 7 nitrogen and oxygen atoms in total. The summed E-state index contributed by atoms with van der Waals surface area (Å²) >= 11 is 6.98. The minimum atomic E-state index is 0.407. The Morgan fingerprint density at radius 3 is 2.66 bits per heavy atom. The van der Waals surface area contributed by atoms with Crippen molar-refractivity contribution in [2.45, 2.75) is 6.92 Å². The van der Waals surface area contributed by atoms with Crippen LogP contribution in [0.2, 0.25) is 0 Å². The molecule has 0 amide bonds. The highest BCUT2D eigenvalue weighted by Gasteiger charge is 2.18. The Morgan fingerprint density at radius 1 is 1.19 bits per heavy atom. The number of ether oxygens (including phenoxy) is 2. The number of aromatic nitrogens is 1. The lowest BCUT2D eigenvalue weighted by molar-refractivity contribution is 0.122. The lowest BCUT2D eigenvalue weighted by Gasteiger charge is -2.26. The smallest absolute Gasteiger partial charge is 0.191 e. The second-order valence-electron chi connectivity index (χ2n) is 6.96. The highest BCUT2D eigenvalue weighted by Crippen LogP contribution is 2.32. The van der Waals surface area contributed by atoms with Gasteiger partial charge in [-0.05, 0) is 43.4 Å². The van der Waals surface area contributed by atoms with E-state index < -0.39 is 0 Å². The van der Waals surface area contributed by atoms with Gasteiger partial charge in [0, 0.05) is 24.3 Å². The Balaban J connectivity index is 1.44. The molecule has 2 aromatic carbocycles. The fourth-order valence-corrected chi connectivity index (χ4v) is 4.39. The molecule has 0 unspecified atom stereocenters. The summed E-state index contributed by atoms with van der Waals surface area (Å²) < 4.78 is 10.9. The average molecular weight is 468 g/mol. The molecule has 1 fully saturated rings. The van der Waals surface area contributed by atoms with Crippen LogP contribution in [-0.4, -0.2) is 49.2 Å². The van der Waals surface area contributed by atoms with Crippen molar-refractivity contribution in [2.24, 2.45) is 5.10 Å². The van der Waals surface area contributed by atoms with Gasteiger partial charge in [-0.15, -0.1) is 0 Å². The van der Waals surface area contributed by atoms with Crippen LogP contribution in [-0.2, 0) is 4.74 Å². The van der Waals surface area contributed by atoms with E-state index in [1.807, 2.05) is 49.4 Å². The number of nitrogens with zero attached hydrogens (tertiary/aromatic N) is 3. The second kappa shape index (κ2) is 11.0. The Hall–Kier alpha value is -3.01. The van der Waals surface area contributed by atoms with Crippen LogP contribution >= 0.6 is 23.6 Å². The summed E-state index contributed by atoms with van der Waals surface area (Å²) in [5.41, 5.74) is 5.72. The van der Waals surface area contributed by atoms with Crippen LogP contribution in [0.1, 0.15) is 11.8 Å². The minimum Gasteiger partial charge on any atom is -0.494 e. The number of hydrazone groups is 1. The quantitative estimate of drug-likeness (QED) is 0.304. The molecule has 4 rings (SSSR count). The molecule has 2 heterocycles. The highest BCUT2D eigenvalue weighted by molar-refractivity contribution is 7.80. The molecule has 1 aliphatic rings. The summed E-state index contributed by atoms with van der Waals surface area (Å²) in [6.45, 7) is 5.71. The average Bonchev–Trinajstić information content (AvgIpc) is 3.26. The zero-order valence-electron chi connectivity index (χ0n) is 17.8. The Kier molecular flexibility index (Phi) is 7.65. The lowest BCUT2D eigenvalue weighted by Crippen LogP contribution is -2.36. The molecule has 0 atom stereocenters. The first-order valence-electron chi connectivity index (χ1n) is 10.4. The van der Waals surface area contributed by atoms with Gasteiger partial charge in [0.05, 0.1) is 36.6 Å². The van der Waals surface area contributed by atoms with E-state index in [-0.39, 0.29) is 0 Å². The summed E-state index contributed by atoms with van der Waals surface area (Å²) in [6.07, 6.45) is 1.77. The van der Waals surface area contributed by atoms with Gasteiger partial charge in [-0.3, -0.25) is 5.43 Å². The molecular formula is C23H25N5O2S2. The van der Waals surface area contributed by atoms with E-state index in [0.29, 0.717) is 11.7 Å². The summed E-state index contributed by atoms with van der Waals surface area (Å²) in [5.74, 6) is 0.824. The van der Waals surface area contributed by atoms with Crippen molar-refractivity contribution in [1.82, 2.24) is 10.4 Å². The molecule has 1 aromatic heterocycles. The van der Waals surface area contributed by atoms with E-state index in [1.165, 1.54) is 0 Å². The summed E-state index contributed by atoms with van der Waals surface area (Å²) in [4.78, 5) is 8.12. The maximum Gasteiger partial charge on any atom is 0.191 e. The van der Waals surface area contributed by atoms with E-state index in [9.17, 15) is 0 Å². The highest BCUT2D eigenvalue weighted by atomic mass is 32.1. The topological polar surface area (TPSA) is 71.0 Å². The molecule has 32 heavy (non-hydrogen) atoms. The fraction of sp³-hybridized carbons (Fsp3) is 0.261. The predicted octanol–water partition coefficient (Wildman–Crippen LogP) is 4.37. The van der Waals surface area contributed by atoms with Crippen molar-refractivity contribution in [3.8, 4) is 17.0 Å².